The largest absolute Gasteiger partial charge is 0.497 e. The van der Waals surface area contributed by atoms with Crippen molar-refractivity contribution in [2.24, 2.45) is 4.99 Å². The summed E-state index contributed by atoms with van der Waals surface area (Å²) in [5, 5.41) is 0. The Balaban J connectivity index is 1.55. The van der Waals surface area contributed by atoms with Crippen LogP contribution in [0.3, 0.4) is 0 Å². The summed E-state index contributed by atoms with van der Waals surface area (Å²) in [6.45, 7) is 1.83. The molecule has 3 heterocycles. The van der Waals surface area contributed by atoms with Gasteiger partial charge in [-0.15, -0.1) is 0 Å². The van der Waals surface area contributed by atoms with Crippen molar-refractivity contribution >= 4 is 11.3 Å². The second-order valence-electron chi connectivity index (χ2n) is 6.65. The third-order valence-corrected chi connectivity index (χ3v) is 4.90. The van der Waals surface area contributed by atoms with Crippen molar-refractivity contribution in [3.05, 3.63) is 72.5 Å². The van der Waals surface area contributed by atoms with E-state index < -0.39 is 0 Å². The molecule has 4 rings (SSSR count). The Morgan fingerprint density at radius 1 is 1.15 bits per heavy atom. The molecule has 1 aromatic carbocycles. The zero-order valence-electron chi connectivity index (χ0n) is 15.6. The minimum Gasteiger partial charge on any atom is -0.497 e. The molecule has 27 heavy (non-hydrogen) atoms. The van der Waals surface area contributed by atoms with E-state index in [9.17, 15) is 0 Å². The third-order valence-electron chi connectivity index (χ3n) is 4.90. The molecule has 0 N–H and O–H groups in total. The summed E-state index contributed by atoms with van der Waals surface area (Å²) in [5.41, 5.74) is 4.29. The molecule has 6 nitrogen and oxygen atoms in total. The summed E-state index contributed by atoms with van der Waals surface area (Å²) < 4.78 is 5.27. The van der Waals surface area contributed by atoms with Crippen LogP contribution >= 0.6 is 0 Å². The second kappa shape index (κ2) is 7.72. The Morgan fingerprint density at radius 2 is 2.00 bits per heavy atom. The van der Waals surface area contributed by atoms with E-state index in [2.05, 4.69) is 51.2 Å². The van der Waals surface area contributed by atoms with Gasteiger partial charge in [-0.3, -0.25) is 4.90 Å². The highest BCUT2D eigenvalue weighted by Gasteiger charge is 2.26. The molecule has 0 aliphatic carbocycles. The number of methoxy groups -OCH3 is 1. The van der Waals surface area contributed by atoms with Gasteiger partial charge in [-0.2, -0.15) is 0 Å². The molecule has 1 unspecified atom stereocenters. The maximum Gasteiger partial charge on any atom is 0.179 e. The topological polar surface area (TPSA) is 53.9 Å². The van der Waals surface area contributed by atoms with E-state index in [-0.39, 0.29) is 6.29 Å². The van der Waals surface area contributed by atoms with E-state index >= 15 is 0 Å². The van der Waals surface area contributed by atoms with Crippen LogP contribution in [0, 0.1) is 0 Å². The predicted molar refractivity (Wildman–Crippen MR) is 106 cm³/mol. The van der Waals surface area contributed by atoms with Gasteiger partial charge in [0, 0.05) is 32.5 Å². The lowest BCUT2D eigenvalue weighted by molar-refractivity contribution is 0.111. The van der Waals surface area contributed by atoms with Gasteiger partial charge >= 0.3 is 0 Å². The molecule has 6 heteroatoms. The van der Waals surface area contributed by atoms with E-state index in [4.69, 9.17) is 9.73 Å². The SMILES string of the molecule is COc1ccc(C2=CCCN(C3N=C(c4ccncn4)C=CN3C)C2)cc1. The number of hydrogen-bond acceptors (Lipinski definition) is 6. The van der Waals surface area contributed by atoms with Crippen molar-refractivity contribution in [1.29, 1.82) is 0 Å². The van der Waals surface area contributed by atoms with Gasteiger partial charge in [0.2, 0.25) is 0 Å². The Labute approximate surface area is 159 Å². The number of aliphatic imine (C=N–C) groups is 1. The van der Waals surface area contributed by atoms with E-state index in [1.807, 2.05) is 24.3 Å². The fourth-order valence-corrected chi connectivity index (χ4v) is 3.43. The average molecular weight is 361 g/mol. The maximum absolute atomic E-state index is 5.27. The van der Waals surface area contributed by atoms with Crippen molar-refractivity contribution in [2.75, 3.05) is 27.2 Å². The fourth-order valence-electron chi connectivity index (χ4n) is 3.43. The zero-order valence-corrected chi connectivity index (χ0v) is 15.6. The fraction of sp³-hybridized carbons (Fsp3) is 0.286. The maximum atomic E-state index is 5.27. The van der Waals surface area contributed by atoms with Gasteiger partial charge in [0.05, 0.1) is 18.5 Å². The molecule has 0 amide bonds. The summed E-state index contributed by atoms with van der Waals surface area (Å²) in [7, 11) is 3.75. The summed E-state index contributed by atoms with van der Waals surface area (Å²) in [4.78, 5) is 17.8. The molecular weight excluding hydrogens is 338 g/mol. The van der Waals surface area contributed by atoms with Crippen LogP contribution in [0.25, 0.3) is 5.57 Å². The molecule has 0 radical (unpaired) electrons. The second-order valence-corrected chi connectivity index (χ2v) is 6.65. The smallest absolute Gasteiger partial charge is 0.179 e. The quantitative estimate of drug-likeness (QED) is 0.838. The van der Waals surface area contributed by atoms with Crippen molar-refractivity contribution in [1.82, 2.24) is 19.8 Å². The van der Waals surface area contributed by atoms with Crippen molar-refractivity contribution < 1.29 is 4.74 Å². The lowest BCUT2D eigenvalue weighted by atomic mass is 10.0. The molecule has 138 valence electrons. The van der Waals surface area contributed by atoms with Gasteiger partial charge in [-0.1, -0.05) is 18.2 Å². The zero-order chi connectivity index (χ0) is 18.6. The number of hydrogen-bond donors (Lipinski definition) is 0. The molecule has 0 spiro atoms. The van der Waals surface area contributed by atoms with Crippen LogP contribution in [-0.2, 0) is 0 Å². The van der Waals surface area contributed by atoms with Gasteiger partial charge in [-0.25, -0.2) is 15.0 Å². The number of allylic oxidation sites excluding steroid dienone is 1. The molecule has 2 aliphatic heterocycles. The van der Waals surface area contributed by atoms with Crippen LogP contribution in [0.1, 0.15) is 17.7 Å². The van der Waals surface area contributed by atoms with E-state index in [0.29, 0.717) is 0 Å². The van der Waals surface area contributed by atoms with E-state index in [0.717, 1.165) is 36.7 Å². The first-order valence-corrected chi connectivity index (χ1v) is 9.06. The standard InChI is InChI=1S/C21H23N5O/c1-25-13-10-20(19-9-11-22-15-23-19)24-21(25)26-12-3-4-17(14-26)16-5-7-18(27-2)8-6-16/h4-11,13,15,21H,3,12,14H2,1-2H3. The number of nitrogens with zero attached hydrogens (tertiary/aromatic N) is 5. The Bertz CT molecular complexity index is 873. The molecule has 1 atom stereocenters. The Hall–Kier alpha value is -2.99. The molecule has 1 aromatic heterocycles. The highest BCUT2D eigenvalue weighted by Crippen LogP contribution is 2.26. The third kappa shape index (κ3) is 3.75. The molecule has 0 fully saturated rings. The number of ether oxygens (including phenoxy) is 1. The van der Waals surface area contributed by atoms with Gasteiger partial charge in [0.15, 0.2) is 6.29 Å². The molecule has 0 bridgehead atoms. The predicted octanol–water partition coefficient (Wildman–Crippen LogP) is 2.81. The van der Waals surface area contributed by atoms with E-state index in [1.54, 1.807) is 19.6 Å². The molecule has 0 saturated carbocycles. The summed E-state index contributed by atoms with van der Waals surface area (Å²) in [6, 6.07) is 10.2. The van der Waals surface area contributed by atoms with Crippen LogP contribution in [0.15, 0.2) is 66.2 Å². The lowest BCUT2D eigenvalue weighted by Gasteiger charge is -2.38. The monoisotopic (exact) mass is 361 g/mol. The first-order valence-electron chi connectivity index (χ1n) is 9.06. The number of aromatic nitrogens is 2. The molecule has 2 aromatic rings. The highest BCUT2D eigenvalue weighted by molar-refractivity contribution is 6.07. The Morgan fingerprint density at radius 3 is 2.74 bits per heavy atom. The van der Waals surface area contributed by atoms with Gasteiger partial charge in [0.1, 0.15) is 12.1 Å². The normalized spacial score (nSPS) is 20.2. The van der Waals surface area contributed by atoms with Gasteiger partial charge in [0.25, 0.3) is 0 Å². The first kappa shape index (κ1) is 17.4. The molecule has 0 saturated heterocycles. The van der Waals surface area contributed by atoms with Crippen LogP contribution in [0.5, 0.6) is 5.75 Å². The Kier molecular flexibility index (Phi) is 4.98. The van der Waals surface area contributed by atoms with E-state index in [1.165, 1.54) is 11.1 Å². The minimum atomic E-state index is -0.0399. The first-order chi connectivity index (χ1) is 13.2. The van der Waals surface area contributed by atoms with Crippen LogP contribution in [-0.4, -0.2) is 59.0 Å². The molecule has 2 aliphatic rings. The van der Waals surface area contributed by atoms with Crippen LogP contribution in [0.4, 0.5) is 0 Å². The van der Waals surface area contributed by atoms with Crippen molar-refractivity contribution in [3.8, 4) is 5.75 Å². The van der Waals surface area contributed by atoms with Crippen molar-refractivity contribution in [3.63, 3.8) is 0 Å². The average Bonchev–Trinajstić information content (AvgIpc) is 2.75. The molecular formula is C21H23N5O. The minimum absolute atomic E-state index is 0.0399. The number of rotatable bonds is 4. The van der Waals surface area contributed by atoms with Crippen molar-refractivity contribution in [2.45, 2.75) is 12.7 Å². The van der Waals surface area contributed by atoms with Crippen LogP contribution < -0.4 is 4.74 Å². The number of benzene rings is 1. The van der Waals surface area contributed by atoms with Gasteiger partial charge in [-0.05, 0) is 41.8 Å². The lowest BCUT2D eigenvalue weighted by Crippen LogP contribution is -2.47. The summed E-state index contributed by atoms with van der Waals surface area (Å²) >= 11 is 0. The summed E-state index contributed by atoms with van der Waals surface area (Å²) in [6.07, 6.45) is 10.7. The van der Waals surface area contributed by atoms with Crippen LogP contribution in [0.2, 0.25) is 0 Å². The van der Waals surface area contributed by atoms with Gasteiger partial charge < -0.3 is 9.64 Å². The summed E-state index contributed by atoms with van der Waals surface area (Å²) in [5.74, 6) is 0.878. The highest BCUT2D eigenvalue weighted by atomic mass is 16.5.